The summed E-state index contributed by atoms with van der Waals surface area (Å²) in [6.45, 7) is 4.67. The Hall–Kier alpha value is -4.02. The third kappa shape index (κ3) is 6.10. The molecule has 1 fully saturated rings. The van der Waals surface area contributed by atoms with Gasteiger partial charge in [0, 0.05) is 76.4 Å². The number of aliphatic imine (C=N–C) groups is 1. The van der Waals surface area contributed by atoms with E-state index < -0.39 is 0 Å². The number of carbonyl (C=O) groups is 1. The second-order valence-electron chi connectivity index (χ2n) is 9.97. The van der Waals surface area contributed by atoms with Crippen molar-refractivity contribution in [1.82, 2.24) is 20.2 Å². The lowest BCUT2D eigenvalue weighted by molar-refractivity contribution is 0.0383. The molecule has 1 saturated heterocycles. The highest BCUT2D eigenvalue weighted by atomic mass is 35.5. The number of aromatic hydroxyl groups is 1. The van der Waals surface area contributed by atoms with Crippen LogP contribution < -0.4 is 10.6 Å². The SMILES string of the molecule is O=C(NCCN1CCOCC1)c1ccc(Nc2ncc3c(n2)-c2ccc(Cl)cc2C(c2ccccc2Cl)=NC3)cc1O. The number of amides is 1. The number of phenols is 1. The molecule has 11 heteroatoms. The molecule has 0 aliphatic carbocycles. The number of phenolic OH excluding ortho intramolecular Hbond substituents is 1. The molecule has 0 radical (unpaired) electrons. The summed E-state index contributed by atoms with van der Waals surface area (Å²) < 4.78 is 5.35. The van der Waals surface area contributed by atoms with E-state index in [2.05, 4.69) is 20.5 Å². The number of carbonyl (C=O) groups excluding carboxylic acids is 1. The summed E-state index contributed by atoms with van der Waals surface area (Å²) in [6, 6.07) is 17.9. The van der Waals surface area contributed by atoms with Gasteiger partial charge in [-0.15, -0.1) is 0 Å². The van der Waals surface area contributed by atoms with E-state index in [0.717, 1.165) is 47.6 Å². The number of aromatic nitrogens is 2. The first-order chi connectivity index (χ1) is 20.5. The van der Waals surface area contributed by atoms with Crippen LogP contribution >= 0.6 is 23.2 Å². The van der Waals surface area contributed by atoms with Gasteiger partial charge < -0.3 is 20.5 Å². The molecule has 3 aromatic carbocycles. The van der Waals surface area contributed by atoms with Crippen LogP contribution in [0.15, 0.2) is 71.9 Å². The number of morpholine rings is 1. The Bertz CT molecular complexity index is 1670. The fraction of sp³-hybridized carbons (Fsp3) is 0.226. The van der Waals surface area contributed by atoms with E-state index in [1.165, 1.54) is 6.07 Å². The van der Waals surface area contributed by atoms with Gasteiger partial charge in [-0.25, -0.2) is 9.97 Å². The Labute approximate surface area is 253 Å². The number of fused-ring (bicyclic) bond motifs is 3. The van der Waals surface area contributed by atoms with Crippen LogP contribution in [0.2, 0.25) is 10.0 Å². The number of rotatable bonds is 7. The van der Waals surface area contributed by atoms with Crippen LogP contribution in [0, 0.1) is 0 Å². The number of anilines is 2. The summed E-state index contributed by atoms with van der Waals surface area (Å²) in [6.07, 6.45) is 1.73. The number of benzene rings is 3. The maximum absolute atomic E-state index is 12.7. The smallest absolute Gasteiger partial charge is 0.255 e. The zero-order chi connectivity index (χ0) is 29.1. The third-order valence-electron chi connectivity index (χ3n) is 7.21. The molecule has 0 spiro atoms. The van der Waals surface area contributed by atoms with E-state index in [0.29, 0.717) is 53.7 Å². The van der Waals surface area contributed by atoms with Gasteiger partial charge in [0.2, 0.25) is 5.95 Å². The van der Waals surface area contributed by atoms with E-state index in [1.807, 2.05) is 42.5 Å². The van der Waals surface area contributed by atoms with E-state index in [9.17, 15) is 9.90 Å². The van der Waals surface area contributed by atoms with Crippen molar-refractivity contribution in [2.45, 2.75) is 6.54 Å². The minimum absolute atomic E-state index is 0.142. The van der Waals surface area contributed by atoms with Gasteiger partial charge in [0.1, 0.15) is 5.75 Å². The number of halogens is 2. The third-order valence-corrected chi connectivity index (χ3v) is 7.77. The highest BCUT2D eigenvalue weighted by Gasteiger charge is 2.23. The van der Waals surface area contributed by atoms with Gasteiger partial charge in [-0.05, 0) is 30.3 Å². The molecular weight excluding hydrogens is 575 g/mol. The Morgan fingerprint density at radius 1 is 1.00 bits per heavy atom. The highest BCUT2D eigenvalue weighted by Crippen LogP contribution is 2.35. The average Bonchev–Trinajstić information content (AvgIpc) is 3.14. The molecule has 6 rings (SSSR count). The lowest BCUT2D eigenvalue weighted by Gasteiger charge is -2.26. The van der Waals surface area contributed by atoms with Gasteiger partial charge in [0.15, 0.2) is 0 Å². The van der Waals surface area contributed by atoms with E-state index in [-0.39, 0.29) is 17.2 Å². The molecule has 2 aliphatic heterocycles. The van der Waals surface area contributed by atoms with Crippen molar-refractivity contribution >= 4 is 46.5 Å². The van der Waals surface area contributed by atoms with Gasteiger partial charge in [0.05, 0.1) is 36.7 Å². The normalized spacial score (nSPS) is 14.8. The minimum atomic E-state index is -0.335. The maximum atomic E-state index is 12.7. The van der Waals surface area contributed by atoms with Gasteiger partial charge in [-0.1, -0.05) is 47.5 Å². The first-order valence-corrected chi connectivity index (χ1v) is 14.4. The zero-order valence-corrected chi connectivity index (χ0v) is 24.1. The number of ether oxygens (including phenoxy) is 1. The maximum Gasteiger partial charge on any atom is 0.255 e. The molecule has 2 aliphatic rings. The van der Waals surface area contributed by atoms with Crippen molar-refractivity contribution in [1.29, 1.82) is 0 Å². The van der Waals surface area contributed by atoms with Gasteiger partial charge in [0.25, 0.3) is 5.91 Å². The summed E-state index contributed by atoms with van der Waals surface area (Å²) in [5.41, 5.74) is 5.50. The Morgan fingerprint density at radius 2 is 1.83 bits per heavy atom. The van der Waals surface area contributed by atoms with E-state index in [1.54, 1.807) is 18.3 Å². The molecule has 0 bridgehead atoms. The highest BCUT2D eigenvalue weighted by molar-refractivity contribution is 6.36. The minimum Gasteiger partial charge on any atom is -0.507 e. The van der Waals surface area contributed by atoms with E-state index >= 15 is 0 Å². The first kappa shape index (κ1) is 28.1. The summed E-state index contributed by atoms with van der Waals surface area (Å²) in [5, 5.41) is 17.8. The largest absolute Gasteiger partial charge is 0.507 e. The lowest BCUT2D eigenvalue weighted by atomic mass is 9.95. The monoisotopic (exact) mass is 602 g/mol. The Balaban J connectivity index is 1.21. The molecule has 9 nitrogen and oxygen atoms in total. The van der Waals surface area contributed by atoms with Gasteiger partial charge in [-0.3, -0.25) is 14.7 Å². The zero-order valence-electron chi connectivity index (χ0n) is 22.6. The molecule has 3 N–H and O–H groups in total. The molecule has 0 unspecified atom stereocenters. The van der Waals surface area contributed by atoms with Gasteiger partial charge in [-0.2, -0.15) is 0 Å². The predicted octanol–water partition coefficient (Wildman–Crippen LogP) is 5.31. The predicted molar refractivity (Wildman–Crippen MR) is 164 cm³/mol. The average molecular weight is 604 g/mol. The van der Waals surface area contributed by atoms with Crippen molar-refractivity contribution < 1.29 is 14.6 Å². The molecule has 214 valence electrons. The molecule has 42 heavy (non-hydrogen) atoms. The van der Waals surface area contributed by atoms with Crippen LogP contribution in [0.4, 0.5) is 11.6 Å². The van der Waals surface area contributed by atoms with Crippen molar-refractivity contribution in [3.8, 4) is 17.0 Å². The molecule has 3 heterocycles. The van der Waals surface area contributed by atoms with Crippen LogP contribution in [0.3, 0.4) is 0 Å². The molecule has 1 amide bonds. The fourth-order valence-corrected chi connectivity index (χ4v) is 5.44. The van der Waals surface area contributed by atoms with Crippen molar-refractivity contribution in [3.05, 3.63) is 99.2 Å². The topological polar surface area (TPSA) is 112 Å². The summed E-state index contributed by atoms with van der Waals surface area (Å²) >= 11 is 13.0. The van der Waals surface area contributed by atoms with Gasteiger partial charge >= 0.3 is 0 Å². The molecule has 4 aromatic rings. The van der Waals surface area contributed by atoms with Crippen LogP contribution in [0.25, 0.3) is 11.3 Å². The van der Waals surface area contributed by atoms with Crippen LogP contribution in [0.1, 0.15) is 27.0 Å². The Kier molecular flexibility index (Phi) is 8.34. The number of nitrogens with one attached hydrogen (secondary N) is 2. The number of hydrogen-bond donors (Lipinski definition) is 3. The fourth-order valence-electron chi connectivity index (χ4n) is 5.05. The Morgan fingerprint density at radius 3 is 2.64 bits per heavy atom. The summed E-state index contributed by atoms with van der Waals surface area (Å²) in [4.78, 5) is 29.1. The molecule has 1 aromatic heterocycles. The van der Waals surface area contributed by atoms with Crippen molar-refractivity contribution in [3.63, 3.8) is 0 Å². The van der Waals surface area contributed by atoms with Crippen LogP contribution in [-0.2, 0) is 11.3 Å². The second kappa shape index (κ2) is 12.5. The quantitative estimate of drug-likeness (QED) is 0.263. The summed E-state index contributed by atoms with van der Waals surface area (Å²) in [7, 11) is 0. The van der Waals surface area contributed by atoms with E-state index in [4.69, 9.17) is 37.9 Å². The molecule has 0 atom stereocenters. The molecule has 0 saturated carbocycles. The lowest BCUT2D eigenvalue weighted by Crippen LogP contribution is -2.41. The standard InChI is InChI=1S/C31H28Cl2N6O3/c32-20-5-7-22-25(15-20)29(23-3-1-2-4-26(23)33)35-17-19-18-36-31(38-28(19)22)37-21-6-8-24(27(40)16-21)30(41)34-9-10-39-11-13-42-14-12-39/h1-8,15-16,18,40H,9-14,17H2,(H,34,41)(H,36,37,38). The number of hydrogen-bond acceptors (Lipinski definition) is 8. The van der Waals surface area contributed by atoms with Crippen LogP contribution in [-0.4, -0.2) is 71.0 Å². The van der Waals surface area contributed by atoms with Crippen molar-refractivity contribution in [2.24, 2.45) is 4.99 Å². The first-order valence-electron chi connectivity index (χ1n) is 13.6. The van der Waals surface area contributed by atoms with Crippen LogP contribution in [0.5, 0.6) is 5.75 Å². The summed E-state index contributed by atoms with van der Waals surface area (Å²) in [5.74, 6) is -0.146. The second-order valence-corrected chi connectivity index (χ2v) is 10.8. The number of nitrogens with zero attached hydrogens (tertiary/aromatic N) is 4. The molecular formula is C31H28Cl2N6O3. The van der Waals surface area contributed by atoms with Crippen molar-refractivity contribution in [2.75, 3.05) is 44.7 Å².